The first kappa shape index (κ1) is 24.2. The number of halogens is 1. The Morgan fingerprint density at radius 2 is 1.67 bits per heavy atom. The molecule has 0 aromatic heterocycles. The van der Waals surface area contributed by atoms with Gasteiger partial charge in [-0.1, -0.05) is 18.2 Å². The molecule has 1 aliphatic rings. The van der Waals surface area contributed by atoms with Gasteiger partial charge in [-0.15, -0.1) is 0 Å². The van der Waals surface area contributed by atoms with Crippen LogP contribution in [0.2, 0.25) is 0 Å². The molecule has 9 heteroatoms. The Morgan fingerprint density at radius 1 is 1.03 bits per heavy atom. The number of carbonyl (C=O) groups is 2. The van der Waals surface area contributed by atoms with Crippen molar-refractivity contribution in [1.29, 1.82) is 0 Å². The molecule has 0 radical (unpaired) electrons. The maximum Gasteiger partial charge on any atom is 0.321 e. The number of urea groups is 1. The molecule has 2 aromatic rings. The lowest BCUT2D eigenvalue weighted by molar-refractivity contribution is -0.122. The average molecular weight is 460 g/mol. The molecule has 0 bridgehead atoms. The third-order valence-electron chi connectivity index (χ3n) is 5.73. The van der Waals surface area contributed by atoms with Gasteiger partial charge in [0, 0.05) is 43.8 Å². The summed E-state index contributed by atoms with van der Waals surface area (Å²) in [5.74, 6) is 1.09. The summed E-state index contributed by atoms with van der Waals surface area (Å²) >= 11 is 0. The van der Waals surface area contributed by atoms with Crippen molar-refractivity contribution >= 4 is 17.6 Å². The third-order valence-corrected chi connectivity index (χ3v) is 5.73. The van der Waals surface area contributed by atoms with Gasteiger partial charge in [-0.05, 0) is 24.8 Å². The van der Waals surface area contributed by atoms with Crippen LogP contribution in [0.3, 0.4) is 0 Å². The highest BCUT2D eigenvalue weighted by atomic mass is 19.1. The van der Waals surface area contributed by atoms with Crippen molar-refractivity contribution in [3.63, 3.8) is 0 Å². The van der Waals surface area contributed by atoms with Crippen molar-refractivity contribution in [2.75, 3.05) is 39.7 Å². The van der Waals surface area contributed by atoms with E-state index in [9.17, 15) is 14.0 Å². The molecule has 1 fully saturated rings. The molecule has 8 nitrogen and oxygen atoms in total. The number of likely N-dealkylation sites (tertiary alicyclic amines) is 1. The maximum absolute atomic E-state index is 13.7. The molecule has 0 aliphatic carbocycles. The van der Waals surface area contributed by atoms with Gasteiger partial charge in [-0.2, -0.15) is 0 Å². The number of nitrogens with one attached hydrogen (secondary N) is 2. The maximum atomic E-state index is 13.7. The minimum atomic E-state index is -0.329. The van der Waals surface area contributed by atoms with E-state index in [2.05, 4.69) is 10.6 Å². The number of ether oxygens (including phenoxy) is 3. The van der Waals surface area contributed by atoms with E-state index in [1.807, 2.05) is 0 Å². The van der Waals surface area contributed by atoms with E-state index in [1.54, 1.807) is 35.2 Å². The number of benzene rings is 2. The Bertz CT molecular complexity index is 951. The Labute approximate surface area is 193 Å². The number of amides is 3. The smallest absolute Gasteiger partial charge is 0.321 e. The number of anilines is 1. The van der Waals surface area contributed by atoms with Crippen LogP contribution in [0.5, 0.6) is 17.2 Å². The quantitative estimate of drug-likeness (QED) is 0.627. The standard InChI is InChI=1S/C24H30FN3O5/c1-31-20-13-18(14-21(32-2)23(20)33-3)27-24(30)28-10-8-16(9-11-28)12-22(29)26-15-17-6-4-5-7-19(17)25/h4-7,13-14,16H,8-12,15H2,1-3H3,(H,26,29)(H,27,30). The van der Waals surface area contributed by atoms with Gasteiger partial charge >= 0.3 is 6.03 Å². The van der Waals surface area contributed by atoms with Gasteiger partial charge in [0.25, 0.3) is 0 Å². The highest BCUT2D eigenvalue weighted by molar-refractivity contribution is 5.90. The minimum absolute atomic E-state index is 0.112. The van der Waals surface area contributed by atoms with E-state index in [1.165, 1.54) is 27.4 Å². The van der Waals surface area contributed by atoms with E-state index in [0.717, 1.165) is 12.8 Å². The van der Waals surface area contributed by atoms with Crippen LogP contribution >= 0.6 is 0 Å². The van der Waals surface area contributed by atoms with E-state index >= 15 is 0 Å². The van der Waals surface area contributed by atoms with Gasteiger partial charge in [-0.3, -0.25) is 4.79 Å². The molecule has 3 rings (SSSR count). The van der Waals surface area contributed by atoms with E-state index in [4.69, 9.17) is 14.2 Å². The molecule has 1 heterocycles. The summed E-state index contributed by atoms with van der Waals surface area (Å²) in [6.07, 6.45) is 1.79. The highest BCUT2D eigenvalue weighted by Gasteiger charge is 2.25. The summed E-state index contributed by atoms with van der Waals surface area (Å²) < 4.78 is 29.6. The second kappa shape index (κ2) is 11.4. The fourth-order valence-corrected chi connectivity index (χ4v) is 3.87. The molecule has 0 atom stereocenters. The van der Waals surface area contributed by atoms with Gasteiger partial charge in [0.1, 0.15) is 5.82 Å². The number of piperidine rings is 1. The average Bonchev–Trinajstić information content (AvgIpc) is 2.83. The first-order valence-corrected chi connectivity index (χ1v) is 10.8. The normalized spacial score (nSPS) is 13.9. The van der Waals surface area contributed by atoms with E-state index in [0.29, 0.717) is 48.0 Å². The van der Waals surface area contributed by atoms with Crippen molar-refractivity contribution in [1.82, 2.24) is 10.2 Å². The van der Waals surface area contributed by atoms with Crippen LogP contribution in [0.25, 0.3) is 0 Å². The van der Waals surface area contributed by atoms with Crippen LogP contribution in [0.4, 0.5) is 14.9 Å². The lowest BCUT2D eigenvalue weighted by Crippen LogP contribution is -2.41. The molecular formula is C24H30FN3O5. The molecule has 3 amide bonds. The number of methoxy groups -OCH3 is 3. The van der Waals surface area contributed by atoms with E-state index in [-0.39, 0.29) is 30.2 Å². The summed E-state index contributed by atoms with van der Waals surface area (Å²) in [4.78, 5) is 26.7. The topological polar surface area (TPSA) is 89.1 Å². The second-order valence-electron chi connectivity index (χ2n) is 7.85. The van der Waals surface area contributed by atoms with Gasteiger partial charge in [0.15, 0.2) is 11.5 Å². The van der Waals surface area contributed by atoms with Crippen molar-refractivity contribution in [2.45, 2.75) is 25.8 Å². The lowest BCUT2D eigenvalue weighted by atomic mass is 9.93. The summed E-state index contributed by atoms with van der Waals surface area (Å²) in [7, 11) is 4.54. The number of hydrogen-bond donors (Lipinski definition) is 2. The summed E-state index contributed by atoms with van der Waals surface area (Å²) in [6, 6.07) is 9.50. The molecule has 0 unspecified atom stereocenters. The van der Waals surface area contributed by atoms with Crippen LogP contribution in [0.1, 0.15) is 24.8 Å². The summed E-state index contributed by atoms with van der Waals surface area (Å²) in [5, 5.41) is 5.65. The van der Waals surface area contributed by atoms with Gasteiger partial charge < -0.3 is 29.7 Å². The van der Waals surface area contributed by atoms with E-state index < -0.39 is 0 Å². The van der Waals surface area contributed by atoms with Crippen molar-refractivity contribution < 1.29 is 28.2 Å². The number of carbonyl (C=O) groups excluding carboxylic acids is 2. The monoisotopic (exact) mass is 459 g/mol. The zero-order valence-electron chi connectivity index (χ0n) is 19.2. The fraction of sp³-hybridized carbons (Fsp3) is 0.417. The van der Waals surface area contributed by atoms with Gasteiger partial charge in [-0.25, -0.2) is 9.18 Å². The zero-order chi connectivity index (χ0) is 23.8. The van der Waals surface area contributed by atoms with Crippen LogP contribution in [0.15, 0.2) is 36.4 Å². The predicted molar refractivity (Wildman–Crippen MR) is 122 cm³/mol. The first-order valence-electron chi connectivity index (χ1n) is 10.8. The lowest BCUT2D eigenvalue weighted by Gasteiger charge is -2.31. The Balaban J connectivity index is 1.48. The number of hydrogen-bond acceptors (Lipinski definition) is 5. The van der Waals surface area contributed by atoms with Crippen molar-refractivity contribution in [3.8, 4) is 17.2 Å². The molecule has 1 aliphatic heterocycles. The Kier molecular flexibility index (Phi) is 8.34. The highest BCUT2D eigenvalue weighted by Crippen LogP contribution is 2.40. The first-order chi connectivity index (χ1) is 15.9. The number of rotatable bonds is 8. The molecule has 33 heavy (non-hydrogen) atoms. The van der Waals surface area contributed by atoms with Crippen LogP contribution in [-0.4, -0.2) is 51.3 Å². The fourth-order valence-electron chi connectivity index (χ4n) is 3.87. The molecule has 0 saturated carbocycles. The summed E-state index contributed by atoms with van der Waals surface area (Å²) in [6.45, 7) is 1.25. The van der Waals surface area contributed by atoms with Crippen LogP contribution < -0.4 is 24.8 Å². The predicted octanol–water partition coefficient (Wildman–Crippen LogP) is 3.80. The van der Waals surface area contributed by atoms with Crippen LogP contribution in [-0.2, 0) is 11.3 Å². The molecule has 1 saturated heterocycles. The van der Waals surface area contributed by atoms with Crippen molar-refractivity contribution in [2.24, 2.45) is 5.92 Å². The molecule has 178 valence electrons. The second-order valence-corrected chi connectivity index (χ2v) is 7.85. The zero-order valence-corrected chi connectivity index (χ0v) is 19.2. The minimum Gasteiger partial charge on any atom is -0.493 e. The van der Waals surface area contributed by atoms with Gasteiger partial charge in [0.2, 0.25) is 11.7 Å². The molecule has 0 spiro atoms. The Morgan fingerprint density at radius 3 is 2.24 bits per heavy atom. The van der Waals surface area contributed by atoms with Crippen LogP contribution in [0, 0.1) is 11.7 Å². The number of nitrogens with zero attached hydrogens (tertiary/aromatic N) is 1. The largest absolute Gasteiger partial charge is 0.493 e. The van der Waals surface area contributed by atoms with Gasteiger partial charge in [0.05, 0.1) is 27.0 Å². The third kappa shape index (κ3) is 6.27. The molecular weight excluding hydrogens is 429 g/mol. The Hall–Kier alpha value is -3.49. The summed E-state index contributed by atoms with van der Waals surface area (Å²) in [5.41, 5.74) is 0.994. The SMILES string of the molecule is COc1cc(NC(=O)N2CCC(CC(=O)NCc3ccccc3F)CC2)cc(OC)c1OC. The molecule has 2 aromatic carbocycles. The van der Waals surface area contributed by atoms with Crippen molar-refractivity contribution in [3.05, 3.63) is 47.8 Å². The molecule has 2 N–H and O–H groups in total.